The van der Waals surface area contributed by atoms with Crippen LogP contribution in [-0.2, 0) is 0 Å². The fourth-order valence-corrected chi connectivity index (χ4v) is 3.75. The lowest BCUT2D eigenvalue weighted by Gasteiger charge is -2.37. The molecule has 0 bridgehead atoms. The van der Waals surface area contributed by atoms with Crippen molar-refractivity contribution in [1.29, 1.82) is 0 Å². The van der Waals surface area contributed by atoms with Crippen molar-refractivity contribution >= 4 is 44.8 Å². The second-order valence-electron chi connectivity index (χ2n) is 5.46. The number of nitrogens with zero attached hydrogens (tertiary/aromatic N) is 3. The lowest BCUT2D eigenvalue weighted by molar-refractivity contribution is 0.0569. The van der Waals surface area contributed by atoms with E-state index in [2.05, 4.69) is 26.1 Å². The minimum Gasteiger partial charge on any atom is -0.339 e. The minimum atomic E-state index is -0.0875. The predicted molar refractivity (Wildman–Crippen MR) is 95.4 cm³/mol. The van der Waals surface area contributed by atoms with Gasteiger partial charge >= 0.3 is 0 Å². The Hall–Kier alpha value is -1.70. The van der Waals surface area contributed by atoms with Crippen LogP contribution in [0.3, 0.4) is 0 Å². The van der Waals surface area contributed by atoms with Crippen LogP contribution in [0, 0.1) is 0 Å². The van der Waals surface area contributed by atoms with Crippen LogP contribution in [0.25, 0.3) is 10.7 Å². The summed E-state index contributed by atoms with van der Waals surface area (Å²) in [6, 6.07) is 9.15. The first kappa shape index (κ1) is 15.8. The minimum absolute atomic E-state index is 0.0705. The van der Waals surface area contributed by atoms with Crippen molar-refractivity contribution < 1.29 is 9.32 Å². The van der Waals surface area contributed by atoms with Gasteiger partial charge in [0.1, 0.15) is 0 Å². The standard InChI is InChI=1S/C16H11BrClN3O2S/c17-10-3-4-12(18)11(6-10)16(22)21-7-9(8-21)15-19-14(20-23-15)13-2-1-5-24-13/h1-6,9H,7-8H2. The zero-order valence-corrected chi connectivity index (χ0v) is 15.4. The molecule has 1 aliphatic heterocycles. The zero-order valence-electron chi connectivity index (χ0n) is 12.3. The van der Waals surface area contributed by atoms with Crippen LogP contribution in [0.2, 0.25) is 5.02 Å². The quantitative estimate of drug-likeness (QED) is 0.623. The Morgan fingerprint density at radius 2 is 2.21 bits per heavy atom. The monoisotopic (exact) mass is 423 g/mol. The van der Waals surface area contributed by atoms with E-state index in [-0.39, 0.29) is 11.8 Å². The highest BCUT2D eigenvalue weighted by atomic mass is 79.9. The Balaban J connectivity index is 1.45. The van der Waals surface area contributed by atoms with Gasteiger partial charge in [-0.25, -0.2) is 0 Å². The number of benzene rings is 1. The maximum absolute atomic E-state index is 12.5. The molecule has 0 saturated carbocycles. The number of aromatic nitrogens is 2. The first-order chi connectivity index (χ1) is 11.6. The third kappa shape index (κ3) is 2.87. The number of thiophene rings is 1. The van der Waals surface area contributed by atoms with Crippen LogP contribution >= 0.6 is 38.9 Å². The fourth-order valence-electron chi connectivity index (χ4n) is 2.54. The van der Waals surface area contributed by atoms with Gasteiger partial charge in [0.15, 0.2) is 0 Å². The van der Waals surface area contributed by atoms with Gasteiger partial charge in [-0.2, -0.15) is 4.98 Å². The molecule has 3 heterocycles. The molecule has 1 amide bonds. The van der Waals surface area contributed by atoms with E-state index < -0.39 is 0 Å². The number of rotatable bonds is 3. The summed E-state index contributed by atoms with van der Waals surface area (Å²) >= 11 is 11.0. The van der Waals surface area contributed by atoms with Crippen LogP contribution in [-0.4, -0.2) is 34.0 Å². The van der Waals surface area contributed by atoms with Gasteiger partial charge in [0.25, 0.3) is 5.91 Å². The summed E-state index contributed by atoms with van der Waals surface area (Å²) in [6.45, 7) is 1.10. The number of halogens is 2. The van der Waals surface area contributed by atoms with Gasteiger partial charge in [0.05, 0.1) is 21.4 Å². The van der Waals surface area contributed by atoms with E-state index >= 15 is 0 Å². The molecule has 24 heavy (non-hydrogen) atoms. The average molecular weight is 425 g/mol. The summed E-state index contributed by atoms with van der Waals surface area (Å²) in [5, 5.41) is 6.43. The molecule has 0 radical (unpaired) electrons. The number of hydrogen-bond acceptors (Lipinski definition) is 5. The highest BCUT2D eigenvalue weighted by Crippen LogP contribution is 2.31. The molecule has 1 fully saturated rings. The summed E-state index contributed by atoms with van der Waals surface area (Å²) < 4.78 is 6.17. The molecule has 3 aromatic rings. The Morgan fingerprint density at radius 1 is 1.38 bits per heavy atom. The molecule has 2 aromatic heterocycles. The van der Waals surface area contributed by atoms with Gasteiger partial charge < -0.3 is 9.42 Å². The summed E-state index contributed by atoms with van der Waals surface area (Å²) in [4.78, 5) is 19.7. The summed E-state index contributed by atoms with van der Waals surface area (Å²) in [7, 11) is 0. The van der Waals surface area contributed by atoms with E-state index in [0.717, 1.165) is 9.35 Å². The predicted octanol–water partition coefficient (Wildman–Crippen LogP) is 4.45. The van der Waals surface area contributed by atoms with Crippen molar-refractivity contribution in [3.8, 4) is 10.7 Å². The summed E-state index contributed by atoms with van der Waals surface area (Å²) in [5.41, 5.74) is 0.495. The van der Waals surface area contributed by atoms with Crippen LogP contribution in [0.4, 0.5) is 0 Å². The average Bonchev–Trinajstić information content (AvgIpc) is 3.18. The number of carbonyl (C=O) groups excluding carboxylic acids is 1. The largest absolute Gasteiger partial charge is 0.339 e. The molecule has 1 aromatic carbocycles. The smallest absolute Gasteiger partial charge is 0.255 e. The van der Waals surface area contributed by atoms with Crippen molar-refractivity contribution in [2.45, 2.75) is 5.92 Å². The van der Waals surface area contributed by atoms with Crippen molar-refractivity contribution in [3.05, 3.63) is 56.7 Å². The third-order valence-corrected chi connectivity index (χ3v) is 5.55. The van der Waals surface area contributed by atoms with E-state index in [0.29, 0.717) is 35.4 Å². The van der Waals surface area contributed by atoms with E-state index in [1.165, 1.54) is 0 Å². The molecule has 0 N–H and O–H groups in total. The van der Waals surface area contributed by atoms with Crippen molar-refractivity contribution in [1.82, 2.24) is 15.0 Å². The second-order valence-corrected chi connectivity index (χ2v) is 7.74. The normalized spacial score (nSPS) is 14.7. The Morgan fingerprint density at radius 3 is 2.96 bits per heavy atom. The topological polar surface area (TPSA) is 59.2 Å². The Kier molecular flexibility index (Phi) is 4.15. The molecule has 1 aliphatic rings. The van der Waals surface area contributed by atoms with E-state index in [4.69, 9.17) is 16.1 Å². The first-order valence-corrected chi connectivity index (χ1v) is 9.28. The molecule has 0 unspecified atom stereocenters. The molecule has 0 aliphatic carbocycles. The summed E-state index contributed by atoms with van der Waals surface area (Å²) in [6.07, 6.45) is 0. The zero-order chi connectivity index (χ0) is 16.7. The van der Waals surface area contributed by atoms with Gasteiger partial charge in [-0.05, 0) is 29.6 Å². The van der Waals surface area contributed by atoms with Gasteiger partial charge in [0, 0.05) is 17.6 Å². The molecular weight excluding hydrogens is 414 g/mol. The molecule has 122 valence electrons. The number of likely N-dealkylation sites (tertiary alicyclic amines) is 1. The van der Waals surface area contributed by atoms with E-state index in [9.17, 15) is 4.79 Å². The van der Waals surface area contributed by atoms with Crippen LogP contribution in [0.15, 0.2) is 44.7 Å². The molecule has 0 atom stereocenters. The maximum atomic E-state index is 12.5. The SMILES string of the molecule is O=C(c1cc(Br)ccc1Cl)N1CC(c2nc(-c3cccs3)no2)C1. The number of hydrogen-bond donors (Lipinski definition) is 0. The lowest BCUT2D eigenvalue weighted by atomic mass is 9.99. The van der Waals surface area contributed by atoms with Crippen LogP contribution in [0.5, 0.6) is 0 Å². The summed E-state index contributed by atoms with van der Waals surface area (Å²) in [5.74, 6) is 1.15. The highest BCUT2D eigenvalue weighted by Gasteiger charge is 2.36. The molecule has 0 spiro atoms. The Labute approximate surface area is 155 Å². The molecule has 5 nitrogen and oxygen atoms in total. The molecule has 4 rings (SSSR count). The van der Waals surface area contributed by atoms with Crippen molar-refractivity contribution in [2.75, 3.05) is 13.1 Å². The molecular formula is C16H11BrClN3O2S. The number of carbonyl (C=O) groups is 1. The lowest BCUT2D eigenvalue weighted by Crippen LogP contribution is -2.48. The van der Waals surface area contributed by atoms with E-state index in [1.54, 1.807) is 28.4 Å². The highest BCUT2D eigenvalue weighted by molar-refractivity contribution is 9.10. The van der Waals surface area contributed by atoms with Crippen molar-refractivity contribution in [3.63, 3.8) is 0 Å². The van der Waals surface area contributed by atoms with Crippen molar-refractivity contribution in [2.24, 2.45) is 0 Å². The van der Waals surface area contributed by atoms with Gasteiger partial charge in [0.2, 0.25) is 11.7 Å². The molecule has 8 heteroatoms. The van der Waals surface area contributed by atoms with Crippen LogP contribution < -0.4 is 0 Å². The fraction of sp³-hybridized carbons (Fsp3) is 0.188. The van der Waals surface area contributed by atoms with E-state index in [1.807, 2.05) is 23.6 Å². The first-order valence-electron chi connectivity index (χ1n) is 7.23. The molecule has 1 saturated heterocycles. The van der Waals surface area contributed by atoms with Crippen LogP contribution in [0.1, 0.15) is 22.2 Å². The maximum Gasteiger partial charge on any atom is 0.255 e. The van der Waals surface area contributed by atoms with Gasteiger partial charge in [-0.3, -0.25) is 4.79 Å². The van der Waals surface area contributed by atoms with Gasteiger partial charge in [-0.1, -0.05) is 38.8 Å². The Bertz CT molecular complexity index is 891. The van der Waals surface area contributed by atoms with Gasteiger partial charge in [-0.15, -0.1) is 11.3 Å². The second kappa shape index (κ2) is 6.31. The third-order valence-electron chi connectivity index (χ3n) is 3.86. The number of amides is 1.